The van der Waals surface area contributed by atoms with E-state index in [1.807, 2.05) is 0 Å². The van der Waals surface area contributed by atoms with Gasteiger partial charge in [-0.25, -0.2) is 8.78 Å². The summed E-state index contributed by atoms with van der Waals surface area (Å²) in [6.07, 6.45) is 0. The van der Waals surface area contributed by atoms with Crippen molar-refractivity contribution in [3.05, 3.63) is 59.7 Å². The maximum absolute atomic E-state index is 13.6. The summed E-state index contributed by atoms with van der Waals surface area (Å²) in [5.74, 6) is 0.0352. The molecule has 0 aliphatic carbocycles. The monoisotopic (exact) mass is 273 g/mol. The molecule has 3 aromatic rings. The highest BCUT2D eigenvalue weighted by atomic mass is 19.1. The molecule has 0 atom stereocenters. The number of benzene rings is 2. The summed E-state index contributed by atoms with van der Waals surface area (Å²) in [5.41, 5.74) is 1.95. The highest BCUT2D eigenvalue weighted by Gasteiger charge is 2.09. The van der Waals surface area contributed by atoms with Gasteiger partial charge in [0.05, 0.1) is 0 Å². The van der Waals surface area contributed by atoms with Crippen LogP contribution < -0.4 is 5.32 Å². The van der Waals surface area contributed by atoms with Crippen molar-refractivity contribution in [1.29, 1.82) is 0 Å². The van der Waals surface area contributed by atoms with E-state index < -0.39 is 0 Å². The molecule has 0 saturated heterocycles. The van der Waals surface area contributed by atoms with Gasteiger partial charge < -0.3 is 9.73 Å². The van der Waals surface area contributed by atoms with Crippen LogP contribution >= 0.6 is 0 Å². The summed E-state index contributed by atoms with van der Waals surface area (Å²) in [7, 11) is 1.76. The quantitative estimate of drug-likeness (QED) is 0.777. The van der Waals surface area contributed by atoms with Crippen LogP contribution in [0.25, 0.3) is 22.3 Å². The number of hydrogen-bond donors (Lipinski definition) is 1. The van der Waals surface area contributed by atoms with E-state index in [1.54, 1.807) is 31.3 Å². The van der Waals surface area contributed by atoms with Crippen LogP contribution in [0.3, 0.4) is 0 Å². The van der Waals surface area contributed by atoms with Gasteiger partial charge in [0.2, 0.25) is 0 Å². The molecular formula is C16H13F2NO. The first-order valence-electron chi connectivity index (χ1n) is 6.30. The molecule has 1 aromatic heterocycles. The summed E-state index contributed by atoms with van der Waals surface area (Å²) in [6, 6.07) is 10.9. The Kier molecular flexibility index (Phi) is 3.24. The molecule has 0 amide bonds. The molecule has 20 heavy (non-hydrogen) atoms. The fourth-order valence-electron chi connectivity index (χ4n) is 2.21. The Labute approximate surface area is 115 Å². The normalized spacial score (nSPS) is 11.2. The van der Waals surface area contributed by atoms with E-state index in [0.29, 0.717) is 28.8 Å². The van der Waals surface area contributed by atoms with Crippen LogP contribution in [0.2, 0.25) is 0 Å². The Morgan fingerprint density at radius 1 is 1.05 bits per heavy atom. The van der Waals surface area contributed by atoms with Gasteiger partial charge in [-0.05, 0) is 49.5 Å². The fourth-order valence-corrected chi connectivity index (χ4v) is 2.21. The molecule has 0 saturated carbocycles. The molecule has 102 valence electrons. The van der Waals surface area contributed by atoms with Crippen LogP contribution in [-0.2, 0) is 6.54 Å². The zero-order valence-corrected chi connectivity index (χ0v) is 10.9. The second kappa shape index (κ2) is 5.06. The lowest BCUT2D eigenvalue weighted by Gasteiger charge is -2.04. The zero-order chi connectivity index (χ0) is 14.1. The molecule has 4 heteroatoms. The highest BCUT2D eigenvalue weighted by molar-refractivity contribution is 5.82. The molecule has 0 spiro atoms. The van der Waals surface area contributed by atoms with Gasteiger partial charge in [-0.15, -0.1) is 0 Å². The smallest absolute Gasteiger partial charge is 0.135 e. The Morgan fingerprint density at radius 3 is 2.70 bits per heavy atom. The minimum atomic E-state index is -0.306. The zero-order valence-electron chi connectivity index (χ0n) is 10.9. The summed E-state index contributed by atoms with van der Waals surface area (Å²) < 4.78 is 32.4. The van der Waals surface area contributed by atoms with Gasteiger partial charge >= 0.3 is 0 Å². The Morgan fingerprint density at radius 2 is 1.90 bits per heavy atom. The number of halogens is 2. The van der Waals surface area contributed by atoms with E-state index in [0.717, 1.165) is 5.56 Å². The average Bonchev–Trinajstić information content (AvgIpc) is 2.84. The minimum Gasteiger partial charge on any atom is -0.456 e. The van der Waals surface area contributed by atoms with E-state index in [4.69, 9.17) is 4.42 Å². The number of hydrogen-bond acceptors (Lipinski definition) is 2. The van der Waals surface area contributed by atoms with Crippen LogP contribution in [0.5, 0.6) is 0 Å². The molecule has 0 bridgehead atoms. The van der Waals surface area contributed by atoms with Crippen molar-refractivity contribution in [3.63, 3.8) is 0 Å². The fraction of sp³-hybridized carbons (Fsp3) is 0.125. The lowest BCUT2D eigenvalue weighted by molar-refractivity contribution is 0.599. The van der Waals surface area contributed by atoms with Crippen LogP contribution in [0.15, 0.2) is 46.9 Å². The van der Waals surface area contributed by atoms with E-state index >= 15 is 0 Å². The highest BCUT2D eigenvalue weighted by Crippen LogP contribution is 2.29. The van der Waals surface area contributed by atoms with Crippen molar-refractivity contribution in [3.8, 4) is 11.3 Å². The van der Waals surface area contributed by atoms with Gasteiger partial charge in [0, 0.05) is 23.1 Å². The molecule has 1 heterocycles. The lowest BCUT2D eigenvalue weighted by atomic mass is 10.1. The molecular weight excluding hydrogens is 260 g/mol. The third-order valence-electron chi connectivity index (χ3n) is 3.18. The number of fused-ring (bicyclic) bond motifs is 1. The summed E-state index contributed by atoms with van der Waals surface area (Å²) in [6.45, 7) is 0.439. The average molecular weight is 273 g/mol. The Balaban J connectivity index is 2.08. The molecule has 2 aromatic carbocycles. The van der Waals surface area contributed by atoms with Gasteiger partial charge in [-0.1, -0.05) is 0 Å². The van der Waals surface area contributed by atoms with Gasteiger partial charge in [0.25, 0.3) is 0 Å². The second-order valence-corrected chi connectivity index (χ2v) is 4.63. The Bertz CT molecular complexity index is 764. The first-order valence-corrected chi connectivity index (χ1v) is 6.30. The Hall–Kier alpha value is -2.20. The van der Waals surface area contributed by atoms with Gasteiger partial charge in [-0.3, -0.25) is 0 Å². The molecule has 3 rings (SSSR count). The first kappa shape index (κ1) is 12.8. The first-order chi connectivity index (χ1) is 9.67. The third kappa shape index (κ3) is 2.30. The van der Waals surface area contributed by atoms with Crippen LogP contribution in [0.4, 0.5) is 8.78 Å². The van der Waals surface area contributed by atoms with Crippen molar-refractivity contribution >= 4 is 11.0 Å². The molecule has 1 N–H and O–H groups in total. The van der Waals surface area contributed by atoms with Crippen LogP contribution in [-0.4, -0.2) is 7.05 Å². The maximum Gasteiger partial charge on any atom is 0.135 e. The van der Waals surface area contributed by atoms with Crippen LogP contribution in [0, 0.1) is 11.6 Å². The third-order valence-corrected chi connectivity index (χ3v) is 3.18. The predicted molar refractivity (Wildman–Crippen MR) is 74.3 cm³/mol. The predicted octanol–water partition coefficient (Wildman–Crippen LogP) is 4.10. The van der Waals surface area contributed by atoms with Gasteiger partial charge in [0.1, 0.15) is 23.0 Å². The van der Waals surface area contributed by atoms with Gasteiger partial charge in [-0.2, -0.15) is 0 Å². The van der Waals surface area contributed by atoms with E-state index in [2.05, 4.69) is 5.32 Å². The summed E-state index contributed by atoms with van der Waals surface area (Å²) in [4.78, 5) is 0. The second-order valence-electron chi connectivity index (χ2n) is 4.63. The molecule has 0 fully saturated rings. The van der Waals surface area contributed by atoms with E-state index in [1.165, 1.54) is 18.2 Å². The van der Waals surface area contributed by atoms with Crippen molar-refractivity contribution in [2.45, 2.75) is 6.54 Å². The topological polar surface area (TPSA) is 25.2 Å². The molecule has 0 unspecified atom stereocenters. The van der Waals surface area contributed by atoms with Crippen molar-refractivity contribution < 1.29 is 13.2 Å². The maximum atomic E-state index is 13.6. The van der Waals surface area contributed by atoms with E-state index in [9.17, 15) is 8.78 Å². The standard InChI is InChI=1S/C16H13F2NO/c1-19-9-12-6-10(2-4-14(12)18)16-8-11-7-13(17)3-5-15(11)20-16/h2-8,19H,9H2,1H3. The van der Waals surface area contributed by atoms with E-state index in [-0.39, 0.29) is 11.6 Å². The molecule has 0 aliphatic heterocycles. The minimum absolute atomic E-state index is 0.259. The molecule has 0 aliphatic rings. The summed E-state index contributed by atoms with van der Waals surface area (Å²) in [5, 5.41) is 3.61. The van der Waals surface area contributed by atoms with Crippen LogP contribution in [0.1, 0.15) is 5.56 Å². The lowest BCUT2D eigenvalue weighted by Crippen LogP contribution is -2.06. The number of furan rings is 1. The van der Waals surface area contributed by atoms with Crippen molar-refractivity contribution in [2.24, 2.45) is 0 Å². The molecule has 0 radical (unpaired) electrons. The van der Waals surface area contributed by atoms with Crippen molar-refractivity contribution in [2.75, 3.05) is 7.05 Å². The number of nitrogens with one attached hydrogen (secondary N) is 1. The summed E-state index contributed by atoms with van der Waals surface area (Å²) >= 11 is 0. The van der Waals surface area contributed by atoms with Gasteiger partial charge in [0.15, 0.2) is 0 Å². The largest absolute Gasteiger partial charge is 0.456 e. The van der Waals surface area contributed by atoms with Crippen molar-refractivity contribution in [1.82, 2.24) is 5.32 Å². The molecule has 2 nitrogen and oxygen atoms in total. The SMILES string of the molecule is CNCc1cc(-c2cc3cc(F)ccc3o2)ccc1F. The number of rotatable bonds is 3.